The van der Waals surface area contributed by atoms with Crippen LogP contribution in [0.3, 0.4) is 0 Å². The molecule has 1 aliphatic rings. The number of nitrogens with zero attached hydrogens (tertiary/aromatic N) is 1. The van der Waals surface area contributed by atoms with Gasteiger partial charge in [-0.3, -0.25) is 4.90 Å². The minimum Gasteiger partial charge on any atom is -0.379 e. The lowest BCUT2D eigenvalue weighted by molar-refractivity contribution is 0.0238. The van der Waals surface area contributed by atoms with Crippen LogP contribution in [0.2, 0.25) is 0 Å². The molecule has 0 aromatic heterocycles. The van der Waals surface area contributed by atoms with E-state index < -0.39 is 0 Å². The predicted molar refractivity (Wildman–Crippen MR) is 47.9 cm³/mol. The molecule has 2 nitrogen and oxygen atoms in total. The average Bonchev–Trinajstić information content (AvgIpc) is 1.90. The van der Waals surface area contributed by atoms with Crippen molar-refractivity contribution < 1.29 is 4.74 Å². The molecule has 0 aromatic carbocycles. The van der Waals surface area contributed by atoms with Crippen molar-refractivity contribution in [1.82, 2.24) is 4.90 Å². The Labute approximate surface area is 73.3 Å². The van der Waals surface area contributed by atoms with Crippen LogP contribution in [-0.4, -0.2) is 37.2 Å². The van der Waals surface area contributed by atoms with E-state index in [1.807, 2.05) is 0 Å². The van der Waals surface area contributed by atoms with Crippen molar-refractivity contribution in [2.24, 2.45) is 0 Å². The van der Waals surface area contributed by atoms with Gasteiger partial charge in [0.1, 0.15) is 0 Å². The first-order valence-electron chi connectivity index (χ1n) is 3.62. The number of halogens is 1. The molecule has 1 rings (SSSR count). The second-order valence-electron chi connectivity index (χ2n) is 2.74. The minimum atomic E-state index is 0. The number of hydrogen-bond acceptors (Lipinski definition) is 2. The summed E-state index contributed by atoms with van der Waals surface area (Å²) in [6.45, 7) is 8.50. The quantitative estimate of drug-likeness (QED) is 0.646. The second-order valence-corrected chi connectivity index (χ2v) is 2.74. The Morgan fingerprint density at radius 3 is 2.00 bits per heavy atom. The van der Waals surface area contributed by atoms with Gasteiger partial charge in [0.15, 0.2) is 0 Å². The van der Waals surface area contributed by atoms with Gasteiger partial charge in [0.2, 0.25) is 0 Å². The molecule has 0 saturated carbocycles. The summed E-state index contributed by atoms with van der Waals surface area (Å²) in [7, 11) is 0. The zero-order valence-corrected chi connectivity index (χ0v) is 8.38. The van der Waals surface area contributed by atoms with Gasteiger partial charge in [-0.05, 0) is 13.8 Å². The van der Waals surface area contributed by atoms with Gasteiger partial charge in [0.05, 0.1) is 13.2 Å². The van der Waals surface area contributed by atoms with Gasteiger partial charge in [-0.2, -0.15) is 0 Å². The topological polar surface area (TPSA) is 12.5 Å². The highest BCUT2D eigenvalue weighted by atomic mass is 79.9. The Kier molecular flexibility index (Phi) is 5.31. The molecule has 0 radical (unpaired) electrons. The molecular weight excluding hydrogens is 194 g/mol. The molecule has 0 unspecified atom stereocenters. The molecule has 0 atom stereocenters. The molecule has 1 heterocycles. The number of morpholine rings is 1. The minimum absolute atomic E-state index is 0. The van der Waals surface area contributed by atoms with E-state index in [9.17, 15) is 0 Å². The van der Waals surface area contributed by atoms with Crippen molar-refractivity contribution >= 4 is 17.0 Å². The first-order valence-corrected chi connectivity index (χ1v) is 3.62. The van der Waals surface area contributed by atoms with E-state index in [4.69, 9.17) is 4.74 Å². The third-order valence-electron chi connectivity index (χ3n) is 1.78. The fourth-order valence-electron chi connectivity index (χ4n) is 1.09. The predicted octanol–water partition coefficient (Wildman–Crippen LogP) is 1.30. The van der Waals surface area contributed by atoms with Gasteiger partial charge >= 0.3 is 0 Å². The number of ether oxygens (including phenoxy) is 1. The van der Waals surface area contributed by atoms with Gasteiger partial charge in [-0.15, -0.1) is 17.0 Å². The normalized spacial score (nSPS) is 20.7. The van der Waals surface area contributed by atoms with Gasteiger partial charge in [0.25, 0.3) is 0 Å². The summed E-state index contributed by atoms with van der Waals surface area (Å²) in [6.07, 6.45) is 0. The second kappa shape index (κ2) is 5.10. The van der Waals surface area contributed by atoms with Gasteiger partial charge in [0, 0.05) is 19.1 Å². The van der Waals surface area contributed by atoms with E-state index in [0.29, 0.717) is 6.04 Å². The number of rotatable bonds is 1. The third-order valence-corrected chi connectivity index (χ3v) is 1.78. The van der Waals surface area contributed by atoms with E-state index in [2.05, 4.69) is 18.7 Å². The largest absolute Gasteiger partial charge is 0.379 e. The molecule has 1 aliphatic heterocycles. The summed E-state index contributed by atoms with van der Waals surface area (Å²) in [6, 6.07) is 0.689. The van der Waals surface area contributed by atoms with Crippen LogP contribution >= 0.6 is 17.0 Å². The Morgan fingerprint density at radius 1 is 1.20 bits per heavy atom. The average molecular weight is 210 g/mol. The number of hydrogen-bond donors (Lipinski definition) is 0. The van der Waals surface area contributed by atoms with Gasteiger partial charge in [-0.1, -0.05) is 0 Å². The molecule has 62 valence electrons. The Hall–Kier alpha value is 0.400. The molecule has 0 amide bonds. The van der Waals surface area contributed by atoms with Crippen molar-refractivity contribution in [3.05, 3.63) is 0 Å². The maximum Gasteiger partial charge on any atom is 0.0594 e. The molecule has 0 N–H and O–H groups in total. The molecule has 10 heavy (non-hydrogen) atoms. The van der Waals surface area contributed by atoms with E-state index in [1.54, 1.807) is 0 Å². The van der Waals surface area contributed by atoms with Gasteiger partial charge in [-0.25, -0.2) is 0 Å². The summed E-state index contributed by atoms with van der Waals surface area (Å²) in [4.78, 5) is 2.43. The molecule has 0 bridgehead atoms. The van der Waals surface area contributed by atoms with Crippen LogP contribution in [0.15, 0.2) is 0 Å². The molecular formula is C7H16BrNO. The lowest BCUT2D eigenvalue weighted by Gasteiger charge is -2.29. The van der Waals surface area contributed by atoms with Crippen molar-refractivity contribution in [1.29, 1.82) is 0 Å². The molecule has 3 heteroatoms. The highest BCUT2D eigenvalue weighted by molar-refractivity contribution is 8.93. The fourth-order valence-corrected chi connectivity index (χ4v) is 1.09. The van der Waals surface area contributed by atoms with Crippen LogP contribution in [0.1, 0.15) is 13.8 Å². The summed E-state index contributed by atoms with van der Waals surface area (Å²) in [5.74, 6) is 0. The molecule has 0 spiro atoms. The zero-order chi connectivity index (χ0) is 6.69. The highest BCUT2D eigenvalue weighted by Gasteiger charge is 2.11. The van der Waals surface area contributed by atoms with Crippen LogP contribution < -0.4 is 0 Å². The van der Waals surface area contributed by atoms with E-state index in [-0.39, 0.29) is 17.0 Å². The summed E-state index contributed by atoms with van der Waals surface area (Å²) in [5.41, 5.74) is 0. The smallest absolute Gasteiger partial charge is 0.0594 e. The highest BCUT2D eigenvalue weighted by Crippen LogP contribution is 2.01. The van der Waals surface area contributed by atoms with Gasteiger partial charge < -0.3 is 4.74 Å². The first-order chi connectivity index (χ1) is 4.30. The van der Waals surface area contributed by atoms with Crippen molar-refractivity contribution in [3.63, 3.8) is 0 Å². The Morgan fingerprint density at radius 2 is 1.70 bits per heavy atom. The Balaban J connectivity index is 0.000000810. The van der Waals surface area contributed by atoms with E-state index >= 15 is 0 Å². The standard InChI is InChI=1S/C7H15NO.BrH/c1-7(2)8-3-5-9-6-4-8;/h7H,3-6H2,1-2H3;1H. The van der Waals surface area contributed by atoms with Crippen LogP contribution in [0.25, 0.3) is 0 Å². The van der Waals surface area contributed by atoms with Crippen LogP contribution in [-0.2, 0) is 4.74 Å². The Bertz CT molecular complexity index is 81.7. The van der Waals surface area contributed by atoms with Crippen LogP contribution in [0.5, 0.6) is 0 Å². The van der Waals surface area contributed by atoms with Crippen molar-refractivity contribution in [2.45, 2.75) is 19.9 Å². The zero-order valence-electron chi connectivity index (χ0n) is 6.67. The summed E-state index contributed by atoms with van der Waals surface area (Å²) in [5, 5.41) is 0. The fraction of sp³-hybridized carbons (Fsp3) is 1.00. The van der Waals surface area contributed by atoms with E-state index in [1.165, 1.54) is 0 Å². The van der Waals surface area contributed by atoms with Crippen molar-refractivity contribution in [2.75, 3.05) is 26.3 Å². The molecule has 0 aromatic rings. The lowest BCUT2D eigenvalue weighted by Crippen LogP contribution is -2.40. The summed E-state index contributed by atoms with van der Waals surface area (Å²) >= 11 is 0. The SMILES string of the molecule is Br.CC(C)N1CCOCC1. The van der Waals surface area contributed by atoms with E-state index in [0.717, 1.165) is 26.3 Å². The third kappa shape index (κ3) is 2.99. The van der Waals surface area contributed by atoms with Crippen LogP contribution in [0.4, 0.5) is 0 Å². The monoisotopic (exact) mass is 209 g/mol. The maximum atomic E-state index is 5.21. The van der Waals surface area contributed by atoms with Crippen LogP contribution in [0, 0.1) is 0 Å². The molecule has 0 aliphatic carbocycles. The molecule has 1 fully saturated rings. The first kappa shape index (κ1) is 10.4. The summed E-state index contributed by atoms with van der Waals surface area (Å²) < 4.78 is 5.21. The maximum absolute atomic E-state index is 5.21. The van der Waals surface area contributed by atoms with Crippen molar-refractivity contribution in [3.8, 4) is 0 Å². The molecule has 1 saturated heterocycles. The lowest BCUT2D eigenvalue weighted by atomic mass is 10.3.